The molecule has 8 nitrogen and oxygen atoms in total. The first-order chi connectivity index (χ1) is 8.61. The van der Waals surface area contributed by atoms with Crippen molar-refractivity contribution < 1.29 is 14.3 Å². The molecule has 18 heavy (non-hydrogen) atoms. The molecule has 8 heteroatoms. The van der Waals surface area contributed by atoms with Gasteiger partial charge in [-0.15, -0.1) is 0 Å². The van der Waals surface area contributed by atoms with Gasteiger partial charge in [0.1, 0.15) is 11.6 Å². The molecule has 2 rings (SSSR count). The Labute approximate surface area is 104 Å². The van der Waals surface area contributed by atoms with Crippen LogP contribution in [0.5, 0.6) is 0 Å². The summed E-state index contributed by atoms with van der Waals surface area (Å²) in [7, 11) is 1.33. The maximum atomic E-state index is 11.7. The third-order valence-electron chi connectivity index (χ3n) is 2.65. The molecular weight excluding hydrogens is 238 g/mol. The van der Waals surface area contributed by atoms with Gasteiger partial charge in [-0.05, 0) is 0 Å². The molecule has 0 aromatic carbocycles. The number of methoxy groups -OCH3 is 1. The van der Waals surface area contributed by atoms with Gasteiger partial charge in [0.2, 0.25) is 5.95 Å². The SMILES string of the molecule is COC(=O)C1COCCN1c1cc(N)nc(N)n1. The van der Waals surface area contributed by atoms with Gasteiger partial charge in [-0.2, -0.15) is 9.97 Å². The Morgan fingerprint density at radius 3 is 3.00 bits per heavy atom. The molecule has 1 aliphatic rings. The number of esters is 1. The van der Waals surface area contributed by atoms with Crippen LogP contribution in [-0.2, 0) is 14.3 Å². The van der Waals surface area contributed by atoms with Gasteiger partial charge in [-0.3, -0.25) is 0 Å². The van der Waals surface area contributed by atoms with Crippen LogP contribution in [0.15, 0.2) is 6.07 Å². The number of carbonyl (C=O) groups excluding carboxylic acids is 1. The van der Waals surface area contributed by atoms with E-state index >= 15 is 0 Å². The molecule has 98 valence electrons. The molecule has 0 saturated carbocycles. The second kappa shape index (κ2) is 5.05. The van der Waals surface area contributed by atoms with E-state index in [-0.39, 0.29) is 24.3 Å². The zero-order chi connectivity index (χ0) is 13.1. The molecule has 1 aromatic rings. The maximum absolute atomic E-state index is 11.7. The van der Waals surface area contributed by atoms with Crippen LogP contribution >= 0.6 is 0 Å². The summed E-state index contributed by atoms with van der Waals surface area (Å²) in [5, 5.41) is 0. The number of nitrogens with two attached hydrogens (primary N) is 2. The standard InChI is InChI=1S/C10H15N5O3/c1-17-9(16)6-5-18-3-2-15(6)8-4-7(11)13-10(12)14-8/h4,6H,2-3,5H2,1H3,(H4,11,12,13,14). The summed E-state index contributed by atoms with van der Waals surface area (Å²) in [6.07, 6.45) is 0. The lowest BCUT2D eigenvalue weighted by Crippen LogP contribution is -2.51. The monoisotopic (exact) mass is 253 g/mol. The molecule has 0 radical (unpaired) electrons. The highest BCUT2D eigenvalue weighted by atomic mass is 16.5. The summed E-state index contributed by atoms with van der Waals surface area (Å²) >= 11 is 0. The minimum atomic E-state index is -0.544. The fourth-order valence-electron chi connectivity index (χ4n) is 1.83. The van der Waals surface area contributed by atoms with Crippen LogP contribution < -0.4 is 16.4 Å². The Hall–Kier alpha value is -2.09. The molecule has 1 fully saturated rings. The van der Waals surface area contributed by atoms with Gasteiger partial charge < -0.3 is 25.8 Å². The van der Waals surface area contributed by atoms with Crippen molar-refractivity contribution in [2.45, 2.75) is 6.04 Å². The molecule has 0 aliphatic carbocycles. The maximum Gasteiger partial charge on any atom is 0.330 e. The van der Waals surface area contributed by atoms with Crippen LogP contribution in [0.4, 0.5) is 17.6 Å². The number of ether oxygens (including phenoxy) is 2. The first-order valence-electron chi connectivity index (χ1n) is 5.44. The van der Waals surface area contributed by atoms with E-state index in [0.29, 0.717) is 19.0 Å². The Bertz CT molecular complexity index is 433. The highest BCUT2D eigenvalue weighted by Gasteiger charge is 2.31. The lowest BCUT2D eigenvalue weighted by atomic mass is 10.2. The minimum Gasteiger partial charge on any atom is -0.467 e. The van der Waals surface area contributed by atoms with Crippen molar-refractivity contribution >= 4 is 23.6 Å². The van der Waals surface area contributed by atoms with E-state index in [1.165, 1.54) is 7.11 Å². The lowest BCUT2D eigenvalue weighted by molar-refractivity contribution is -0.144. The first-order valence-corrected chi connectivity index (χ1v) is 5.44. The van der Waals surface area contributed by atoms with Crippen LogP contribution in [0, 0.1) is 0 Å². The summed E-state index contributed by atoms with van der Waals surface area (Å²) in [6.45, 7) is 1.25. The normalized spacial score (nSPS) is 19.6. The second-order valence-electron chi connectivity index (χ2n) is 3.82. The fraction of sp³-hybridized carbons (Fsp3) is 0.500. The van der Waals surface area contributed by atoms with E-state index in [1.807, 2.05) is 0 Å². The Balaban J connectivity index is 2.30. The van der Waals surface area contributed by atoms with Gasteiger partial charge in [0, 0.05) is 12.6 Å². The number of rotatable bonds is 2. The summed E-state index contributed by atoms with van der Waals surface area (Å²) in [5.41, 5.74) is 11.2. The molecule has 1 aromatic heterocycles. The highest BCUT2D eigenvalue weighted by molar-refractivity contribution is 5.80. The van der Waals surface area contributed by atoms with Crippen molar-refractivity contribution in [1.29, 1.82) is 0 Å². The second-order valence-corrected chi connectivity index (χ2v) is 3.82. The molecule has 2 heterocycles. The lowest BCUT2D eigenvalue weighted by Gasteiger charge is -2.34. The summed E-state index contributed by atoms with van der Waals surface area (Å²) in [4.78, 5) is 21.3. The quantitative estimate of drug-likeness (QED) is 0.646. The van der Waals surface area contributed by atoms with Gasteiger partial charge >= 0.3 is 5.97 Å². The molecule has 1 atom stereocenters. The van der Waals surface area contributed by atoms with Crippen LogP contribution in [0.2, 0.25) is 0 Å². The van der Waals surface area contributed by atoms with E-state index in [0.717, 1.165) is 0 Å². The number of nitrogens with zero attached hydrogens (tertiary/aromatic N) is 3. The smallest absolute Gasteiger partial charge is 0.330 e. The van der Waals surface area contributed by atoms with Crippen LogP contribution in [-0.4, -0.2) is 48.8 Å². The molecule has 0 bridgehead atoms. The third-order valence-corrected chi connectivity index (χ3v) is 2.65. The number of carbonyl (C=O) groups is 1. The van der Waals surface area contributed by atoms with Crippen molar-refractivity contribution in [3.63, 3.8) is 0 Å². The average molecular weight is 253 g/mol. The number of anilines is 3. The van der Waals surface area contributed by atoms with Gasteiger partial charge in [0.25, 0.3) is 0 Å². The molecular formula is C10H15N5O3. The first kappa shape index (κ1) is 12.4. The number of hydrogen-bond donors (Lipinski definition) is 2. The van der Waals surface area contributed by atoms with E-state index in [2.05, 4.69) is 9.97 Å². The number of morpholine rings is 1. The molecule has 0 spiro atoms. The van der Waals surface area contributed by atoms with Gasteiger partial charge in [-0.25, -0.2) is 4.79 Å². The number of aromatic nitrogens is 2. The van der Waals surface area contributed by atoms with Gasteiger partial charge in [0.05, 0.1) is 20.3 Å². The Morgan fingerprint density at radius 1 is 1.56 bits per heavy atom. The van der Waals surface area contributed by atoms with Gasteiger partial charge in [0.15, 0.2) is 6.04 Å². The zero-order valence-corrected chi connectivity index (χ0v) is 10.00. The summed E-state index contributed by atoms with van der Waals surface area (Å²) in [5.74, 6) is 0.442. The summed E-state index contributed by atoms with van der Waals surface area (Å²) < 4.78 is 10.0. The van der Waals surface area contributed by atoms with Crippen LogP contribution in [0.3, 0.4) is 0 Å². The predicted molar refractivity (Wildman–Crippen MR) is 64.8 cm³/mol. The van der Waals surface area contributed by atoms with Crippen molar-refractivity contribution in [3.05, 3.63) is 6.07 Å². The third kappa shape index (κ3) is 2.43. The van der Waals surface area contributed by atoms with Crippen LogP contribution in [0.1, 0.15) is 0 Å². The van der Waals surface area contributed by atoms with Crippen LogP contribution in [0.25, 0.3) is 0 Å². The highest BCUT2D eigenvalue weighted by Crippen LogP contribution is 2.20. The molecule has 0 amide bonds. The van der Waals surface area contributed by atoms with Crippen molar-refractivity contribution in [1.82, 2.24) is 9.97 Å². The fourth-order valence-corrected chi connectivity index (χ4v) is 1.83. The van der Waals surface area contributed by atoms with E-state index in [9.17, 15) is 4.79 Å². The van der Waals surface area contributed by atoms with Crippen molar-refractivity contribution in [2.75, 3.05) is 43.2 Å². The number of nitrogen functional groups attached to an aromatic ring is 2. The van der Waals surface area contributed by atoms with E-state index in [4.69, 9.17) is 20.9 Å². The Morgan fingerprint density at radius 2 is 2.33 bits per heavy atom. The van der Waals surface area contributed by atoms with Crippen molar-refractivity contribution in [3.8, 4) is 0 Å². The number of hydrogen-bond acceptors (Lipinski definition) is 8. The zero-order valence-electron chi connectivity index (χ0n) is 10.00. The minimum absolute atomic E-state index is 0.0695. The van der Waals surface area contributed by atoms with E-state index < -0.39 is 6.04 Å². The molecule has 4 N–H and O–H groups in total. The van der Waals surface area contributed by atoms with Gasteiger partial charge in [-0.1, -0.05) is 0 Å². The van der Waals surface area contributed by atoms with Crippen molar-refractivity contribution in [2.24, 2.45) is 0 Å². The molecule has 1 saturated heterocycles. The predicted octanol–water partition coefficient (Wildman–Crippen LogP) is -0.981. The van der Waals surface area contributed by atoms with E-state index in [1.54, 1.807) is 11.0 Å². The molecule has 1 unspecified atom stereocenters. The largest absolute Gasteiger partial charge is 0.467 e. The Kier molecular flexibility index (Phi) is 3.47. The molecule has 1 aliphatic heterocycles. The average Bonchev–Trinajstić information content (AvgIpc) is 2.36. The topological polar surface area (TPSA) is 117 Å². The summed E-state index contributed by atoms with van der Waals surface area (Å²) in [6, 6.07) is 1.02.